The summed E-state index contributed by atoms with van der Waals surface area (Å²) in [4.78, 5) is 33.2. The van der Waals surface area contributed by atoms with Crippen molar-refractivity contribution in [3.05, 3.63) is 75.2 Å². The van der Waals surface area contributed by atoms with Gasteiger partial charge in [-0.2, -0.15) is 9.59 Å². The lowest BCUT2D eigenvalue weighted by molar-refractivity contribution is -0.191. The zero-order chi connectivity index (χ0) is 16.8. The Balaban J connectivity index is 0.000000595. The minimum absolute atomic E-state index is 0.0207. The summed E-state index contributed by atoms with van der Waals surface area (Å²) in [7, 11) is 0. The summed E-state index contributed by atoms with van der Waals surface area (Å²) in [6, 6.07) is 15.5. The van der Waals surface area contributed by atoms with Crippen LogP contribution in [0.1, 0.15) is 18.5 Å². The van der Waals surface area contributed by atoms with Gasteiger partial charge in [0, 0.05) is 4.47 Å². The first kappa shape index (κ1) is 16.8. The Morgan fingerprint density at radius 1 is 1.13 bits per heavy atom. The van der Waals surface area contributed by atoms with Gasteiger partial charge in [0.25, 0.3) is 5.56 Å². The fourth-order valence-electron chi connectivity index (χ4n) is 2.28. The lowest BCUT2D eigenvalue weighted by Gasteiger charge is -2.15. The molecule has 3 aromatic rings. The van der Waals surface area contributed by atoms with Crippen LogP contribution < -0.4 is 5.56 Å². The Morgan fingerprint density at radius 2 is 1.78 bits per heavy atom. The zero-order valence-electron chi connectivity index (χ0n) is 12.3. The Bertz CT molecular complexity index is 901. The van der Waals surface area contributed by atoms with Gasteiger partial charge in [0.15, 0.2) is 0 Å². The highest BCUT2D eigenvalue weighted by Gasteiger charge is 2.11. The molecule has 3 rings (SSSR count). The number of hydrogen-bond acceptors (Lipinski definition) is 4. The molecular weight excluding hydrogens is 360 g/mol. The normalized spacial score (nSPS) is 11.2. The van der Waals surface area contributed by atoms with Gasteiger partial charge in [-0.05, 0) is 30.7 Å². The SMILES string of the molecule is CC(c1ccccc1)n1cnc2ccc(Br)cc2c1=O.O=C=O. The molecule has 23 heavy (non-hydrogen) atoms. The molecule has 0 saturated heterocycles. The summed E-state index contributed by atoms with van der Waals surface area (Å²) in [5.74, 6) is 0. The van der Waals surface area contributed by atoms with E-state index in [9.17, 15) is 4.79 Å². The largest absolute Gasteiger partial charge is 0.373 e. The van der Waals surface area contributed by atoms with Crippen molar-refractivity contribution >= 4 is 33.0 Å². The number of halogens is 1. The average Bonchev–Trinajstić information content (AvgIpc) is 2.57. The molecule has 2 aromatic carbocycles. The van der Waals surface area contributed by atoms with Gasteiger partial charge in [0.1, 0.15) is 0 Å². The van der Waals surface area contributed by atoms with Crippen LogP contribution in [0.15, 0.2) is 64.1 Å². The summed E-state index contributed by atoms with van der Waals surface area (Å²) < 4.78 is 2.55. The number of rotatable bonds is 2. The smallest absolute Gasteiger partial charge is 0.291 e. The molecule has 116 valence electrons. The topological polar surface area (TPSA) is 69.0 Å². The molecule has 0 N–H and O–H groups in total. The lowest BCUT2D eigenvalue weighted by Crippen LogP contribution is -2.24. The molecule has 1 atom stereocenters. The predicted molar refractivity (Wildman–Crippen MR) is 89.0 cm³/mol. The molecule has 1 heterocycles. The fourth-order valence-corrected chi connectivity index (χ4v) is 2.64. The molecule has 0 radical (unpaired) electrons. The number of hydrogen-bond donors (Lipinski definition) is 0. The maximum atomic E-state index is 12.6. The van der Waals surface area contributed by atoms with Crippen molar-refractivity contribution in [3.8, 4) is 0 Å². The number of benzene rings is 2. The maximum absolute atomic E-state index is 12.6. The number of carbonyl (C=O) groups excluding carboxylic acids is 2. The van der Waals surface area contributed by atoms with Crippen LogP contribution in [-0.4, -0.2) is 15.7 Å². The molecule has 0 amide bonds. The summed E-state index contributed by atoms with van der Waals surface area (Å²) in [5.41, 5.74) is 1.79. The van der Waals surface area contributed by atoms with Crippen molar-refractivity contribution in [2.24, 2.45) is 0 Å². The third kappa shape index (κ3) is 3.80. The first-order chi connectivity index (χ1) is 11.1. The first-order valence-electron chi connectivity index (χ1n) is 6.79. The van der Waals surface area contributed by atoms with E-state index in [0.717, 1.165) is 15.6 Å². The summed E-state index contributed by atoms with van der Waals surface area (Å²) in [5, 5.41) is 0.629. The predicted octanol–water partition coefficient (Wildman–Crippen LogP) is 3.18. The van der Waals surface area contributed by atoms with Gasteiger partial charge >= 0.3 is 6.15 Å². The van der Waals surface area contributed by atoms with Crippen molar-refractivity contribution in [2.75, 3.05) is 0 Å². The van der Waals surface area contributed by atoms with Crippen LogP contribution in [0.2, 0.25) is 0 Å². The van der Waals surface area contributed by atoms with Gasteiger partial charge in [-0.15, -0.1) is 0 Å². The van der Waals surface area contributed by atoms with E-state index < -0.39 is 0 Å². The lowest BCUT2D eigenvalue weighted by atomic mass is 10.1. The molecule has 1 unspecified atom stereocenters. The van der Waals surface area contributed by atoms with Gasteiger partial charge < -0.3 is 0 Å². The van der Waals surface area contributed by atoms with Crippen LogP contribution in [0, 0.1) is 0 Å². The van der Waals surface area contributed by atoms with E-state index in [1.54, 1.807) is 10.9 Å². The van der Waals surface area contributed by atoms with E-state index in [-0.39, 0.29) is 17.8 Å². The van der Waals surface area contributed by atoms with Crippen molar-refractivity contribution in [2.45, 2.75) is 13.0 Å². The first-order valence-corrected chi connectivity index (χ1v) is 7.58. The second-order valence-corrected chi connectivity index (χ2v) is 5.70. The molecule has 0 saturated carbocycles. The molecule has 0 bridgehead atoms. The van der Waals surface area contributed by atoms with Crippen LogP contribution in [0.3, 0.4) is 0 Å². The number of nitrogens with zero attached hydrogens (tertiary/aromatic N) is 2. The Labute approximate surface area is 140 Å². The summed E-state index contributed by atoms with van der Waals surface area (Å²) in [6.07, 6.45) is 1.87. The molecule has 0 aliphatic carbocycles. The third-order valence-corrected chi connectivity index (χ3v) is 3.94. The molecule has 0 aliphatic rings. The van der Waals surface area contributed by atoms with Crippen LogP contribution in [0.25, 0.3) is 10.9 Å². The number of fused-ring (bicyclic) bond motifs is 1. The second kappa shape index (κ2) is 7.63. The van der Waals surface area contributed by atoms with E-state index in [1.807, 2.05) is 55.5 Å². The molecule has 0 spiro atoms. The highest BCUT2D eigenvalue weighted by atomic mass is 79.9. The van der Waals surface area contributed by atoms with E-state index in [0.29, 0.717) is 5.39 Å². The average molecular weight is 373 g/mol. The molecule has 1 aromatic heterocycles. The second-order valence-electron chi connectivity index (χ2n) is 4.79. The van der Waals surface area contributed by atoms with Gasteiger partial charge in [0.2, 0.25) is 0 Å². The van der Waals surface area contributed by atoms with Crippen molar-refractivity contribution < 1.29 is 9.59 Å². The maximum Gasteiger partial charge on any atom is 0.373 e. The summed E-state index contributed by atoms with van der Waals surface area (Å²) in [6.45, 7) is 2.00. The highest BCUT2D eigenvalue weighted by Crippen LogP contribution is 2.18. The summed E-state index contributed by atoms with van der Waals surface area (Å²) >= 11 is 3.40. The third-order valence-electron chi connectivity index (χ3n) is 3.44. The number of aromatic nitrogens is 2. The zero-order valence-corrected chi connectivity index (χ0v) is 13.9. The van der Waals surface area contributed by atoms with Gasteiger partial charge in [0.05, 0.1) is 23.3 Å². The highest BCUT2D eigenvalue weighted by molar-refractivity contribution is 9.10. The Kier molecular flexibility index (Phi) is 5.57. The fraction of sp³-hybridized carbons (Fsp3) is 0.118. The monoisotopic (exact) mass is 372 g/mol. The Hall–Kier alpha value is -2.56. The molecule has 0 fully saturated rings. The van der Waals surface area contributed by atoms with Crippen LogP contribution in [-0.2, 0) is 9.59 Å². The van der Waals surface area contributed by atoms with Crippen LogP contribution >= 0.6 is 15.9 Å². The van der Waals surface area contributed by atoms with E-state index in [4.69, 9.17) is 9.59 Å². The van der Waals surface area contributed by atoms with Crippen LogP contribution in [0.4, 0.5) is 0 Å². The molecule has 5 nitrogen and oxygen atoms in total. The van der Waals surface area contributed by atoms with E-state index >= 15 is 0 Å². The van der Waals surface area contributed by atoms with Crippen molar-refractivity contribution in [1.82, 2.24) is 9.55 Å². The van der Waals surface area contributed by atoms with Crippen molar-refractivity contribution in [1.29, 1.82) is 0 Å². The van der Waals surface area contributed by atoms with Crippen molar-refractivity contribution in [3.63, 3.8) is 0 Å². The molecule has 6 heteroatoms. The van der Waals surface area contributed by atoms with Gasteiger partial charge in [-0.1, -0.05) is 46.3 Å². The van der Waals surface area contributed by atoms with Crippen LogP contribution in [0.5, 0.6) is 0 Å². The minimum Gasteiger partial charge on any atom is -0.291 e. The Morgan fingerprint density at radius 3 is 2.43 bits per heavy atom. The quantitative estimate of drug-likeness (QED) is 0.692. The van der Waals surface area contributed by atoms with Gasteiger partial charge in [-0.25, -0.2) is 4.98 Å². The van der Waals surface area contributed by atoms with E-state index in [1.165, 1.54) is 0 Å². The van der Waals surface area contributed by atoms with Gasteiger partial charge in [-0.3, -0.25) is 9.36 Å². The minimum atomic E-state index is -0.0421. The standard InChI is InChI=1S/C16H13BrN2O.CO2/c1-11(12-5-3-2-4-6-12)19-10-18-15-8-7-13(17)9-14(15)16(19)20;2-1-3/h2-11H,1H3;. The van der Waals surface area contributed by atoms with E-state index in [2.05, 4.69) is 20.9 Å². The molecular formula is C17H13BrN2O3. The molecule has 0 aliphatic heterocycles.